The van der Waals surface area contributed by atoms with Gasteiger partial charge in [-0.1, -0.05) is 6.07 Å². The Morgan fingerprint density at radius 2 is 2.11 bits per heavy atom. The van der Waals surface area contributed by atoms with Gasteiger partial charge in [0.2, 0.25) is 5.91 Å². The Morgan fingerprint density at radius 1 is 1.42 bits per heavy atom. The Kier molecular flexibility index (Phi) is 4.44. The Hall–Kier alpha value is -1.53. The van der Waals surface area contributed by atoms with E-state index in [4.69, 9.17) is 0 Å². The second kappa shape index (κ2) is 6.08. The highest BCUT2D eigenvalue weighted by Crippen LogP contribution is 2.18. The summed E-state index contributed by atoms with van der Waals surface area (Å²) in [5, 5.41) is 11.7. The second-order valence-corrected chi connectivity index (χ2v) is 4.68. The van der Waals surface area contributed by atoms with Gasteiger partial charge in [-0.2, -0.15) is 0 Å². The average Bonchev–Trinajstić information content (AvgIpc) is 2.34. The van der Waals surface area contributed by atoms with Crippen LogP contribution < -0.4 is 5.32 Å². The van der Waals surface area contributed by atoms with Crippen molar-refractivity contribution in [3.63, 3.8) is 0 Å². The number of anilines is 1. The van der Waals surface area contributed by atoms with Crippen molar-refractivity contribution in [2.45, 2.75) is 18.9 Å². The first-order valence-electron chi connectivity index (χ1n) is 6.20. The van der Waals surface area contributed by atoms with Crippen LogP contribution in [0.25, 0.3) is 0 Å². The van der Waals surface area contributed by atoms with E-state index in [1.807, 2.05) is 0 Å². The van der Waals surface area contributed by atoms with Gasteiger partial charge < -0.3 is 10.4 Å². The molecule has 2 N–H and O–H groups in total. The van der Waals surface area contributed by atoms with Gasteiger partial charge in [-0.05, 0) is 31.5 Å². The number of halogens is 2. The van der Waals surface area contributed by atoms with Crippen molar-refractivity contribution in [2.24, 2.45) is 0 Å². The topological polar surface area (TPSA) is 52.6 Å². The monoisotopic (exact) mass is 270 g/mol. The largest absolute Gasteiger partial charge is 0.392 e. The van der Waals surface area contributed by atoms with Crippen LogP contribution in [-0.2, 0) is 4.79 Å². The number of β-amino-alcohol motifs (C(OH)–C–C–N with tert-alkyl or cyclic N) is 1. The number of carbonyl (C=O) groups is 1. The highest BCUT2D eigenvalue weighted by atomic mass is 19.1. The molecule has 1 atom stereocenters. The summed E-state index contributed by atoms with van der Waals surface area (Å²) >= 11 is 0. The third kappa shape index (κ3) is 3.71. The van der Waals surface area contributed by atoms with Crippen LogP contribution in [0.3, 0.4) is 0 Å². The van der Waals surface area contributed by atoms with Crippen LogP contribution in [0, 0.1) is 11.6 Å². The minimum absolute atomic E-state index is 0.0187. The van der Waals surface area contributed by atoms with Gasteiger partial charge in [0.15, 0.2) is 0 Å². The molecule has 1 amide bonds. The van der Waals surface area contributed by atoms with Crippen LogP contribution in [-0.4, -0.2) is 41.7 Å². The fraction of sp³-hybridized carbons (Fsp3) is 0.462. The van der Waals surface area contributed by atoms with E-state index < -0.39 is 29.3 Å². The molecule has 0 radical (unpaired) electrons. The molecule has 1 saturated heterocycles. The first kappa shape index (κ1) is 13.9. The van der Waals surface area contributed by atoms with E-state index in [2.05, 4.69) is 5.32 Å². The Morgan fingerprint density at radius 3 is 2.74 bits per heavy atom. The Bertz CT molecular complexity index is 448. The summed E-state index contributed by atoms with van der Waals surface area (Å²) < 4.78 is 26.7. The molecule has 1 aliphatic rings. The highest BCUT2D eigenvalue weighted by molar-refractivity contribution is 5.92. The number of para-hydroxylation sites is 1. The molecule has 1 fully saturated rings. The number of rotatable bonds is 3. The van der Waals surface area contributed by atoms with Gasteiger partial charge >= 0.3 is 0 Å². The lowest BCUT2D eigenvalue weighted by Gasteiger charge is -2.29. The summed E-state index contributed by atoms with van der Waals surface area (Å²) in [6.07, 6.45) is 1.09. The predicted octanol–water partition coefficient (Wildman–Crippen LogP) is 1.36. The maximum absolute atomic E-state index is 13.3. The van der Waals surface area contributed by atoms with Gasteiger partial charge in [0.1, 0.15) is 17.3 Å². The van der Waals surface area contributed by atoms with Crippen LogP contribution in [0.4, 0.5) is 14.5 Å². The van der Waals surface area contributed by atoms with Gasteiger partial charge in [-0.3, -0.25) is 9.69 Å². The van der Waals surface area contributed by atoms with Crippen LogP contribution in [0.5, 0.6) is 0 Å². The molecular formula is C13H16F2N2O2. The number of amides is 1. The molecule has 0 bridgehead atoms. The van der Waals surface area contributed by atoms with Gasteiger partial charge in [0, 0.05) is 6.54 Å². The van der Waals surface area contributed by atoms with E-state index in [1.165, 1.54) is 6.07 Å². The van der Waals surface area contributed by atoms with Gasteiger partial charge in [-0.15, -0.1) is 0 Å². The zero-order chi connectivity index (χ0) is 13.8. The smallest absolute Gasteiger partial charge is 0.238 e. The normalized spacial score (nSPS) is 20.3. The third-order valence-electron chi connectivity index (χ3n) is 3.08. The maximum Gasteiger partial charge on any atom is 0.238 e. The molecule has 0 spiro atoms. The van der Waals surface area contributed by atoms with E-state index in [-0.39, 0.29) is 6.54 Å². The maximum atomic E-state index is 13.3. The quantitative estimate of drug-likeness (QED) is 0.872. The summed E-state index contributed by atoms with van der Waals surface area (Å²) in [6, 6.07) is 3.41. The Labute approximate surface area is 110 Å². The SMILES string of the molecule is O=C(CN1CCCC(O)C1)Nc1c(F)cccc1F. The number of nitrogens with zero attached hydrogens (tertiary/aromatic N) is 1. The van der Waals surface area contributed by atoms with Crippen molar-refractivity contribution in [3.05, 3.63) is 29.8 Å². The predicted molar refractivity (Wildman–Crippen MR) is 66.7 cm³/mol. The number of piperidine rings is 1. The molecule has 104 valence electrons. The number of nitrogens with one attached hydrogen (secondary N) is 1. The second-order valence-electron chi connectivity index (χ2n) is 4.68. The number of hydrogen-bond donors (Lipinski definition) is 2. The average molecular weight is 270 g/mol. The molecule has 4 nitrogen and oxygen atoms in total. The molecule has 1 aromatic carbocycles. The molecule has 0 saturated carbocycles. The number of aliphatic hydroxyl groups excluding tert-OH is 1. The van der Waals surface area contributed by atoms with Crippen molar-refractivity contribution in [1.29, 1.82) is 0 Å². The first-order chi connectivity index (χ1) is 9.06. The van der Waals surface area contributed by atoms with Crippen molar-refractivity contribution in [2.75, 3.05) is 25.0 Å². The summed E-state index contributed by atoms with van der Waals surface area (Å²) in [5.74, 6) is -2.09. The molecule has 6 heteroatoms. The summed E-state index contributed by atoms with van der Waals surface area (Å²) in [7, 11) is 0. The molecule has 1 aliphatic heterocycles. The molecule has 1 heterocycles. The zero-order valence-corrected chi connectivity index (χ0v) is 10.4. The minimum Gasteiger partial charge on any atom is -0.392 e. The molecule has 0 aromatic heterocycles. The van der Waals surface area contributed by atoms with E-state index in [0.29, 0.717) is 13.1 Å². The van der Waals surface area contributed by atoms with Crippen molar-refractivity contribution in [3.8, 4) is 0 Å². The van der Waals surface area contributed by atoms with Gasteiger partial charge in [0.05, 0.1) is 12.6 Å². The third-order valence-corrected chi connectivity index (χ3v) is 3.08. The molecule has 1 unspecified atom stereocenters. The molecule has 19 heavy (non-hydrogen) atoms. The van der Waals surface area contributed by atoms with E-state index >= 15 is 0 Å². The summed E-state index contributed by atoms with van der Waals surface area (Å²) in [6.45, 7) is 1.13. The van der Waals surface area contributed by atoms with Gasteiger partial charge in [-0.25, -0.2) is 8.78 Å². The standard InChI is InChI=1S/C13H16F2N2O2/c14-10-4-1-5-11(15)13(10)16-12(19)8-17-6-2-3-9(18)7-17/h1,4-5,9,18H,2-3,6-8H2,(H,16,19). The fourth-order valence-electron chi connectivity index (χ4n) is 2.17. The van der Waals surface area contributed by atoms with E-state index in [0.717, 1.165) is 25.0 Å². The number of aliphatic hydroxyl groups is 1. The van der Waals surface area contributed by atoms with Crippen molar-refractivity contribution < 1.29 is 18.7 Å². The zero-order valence-electron chi connectivity index (χ0n) is 10.4. The lowest BCUT2D eigenvalue weighted by molar-refractivity contribution is -0.118. The number of hydrogen-bond acceptors (Lipinski definition) is 3. The summed E-state index contributed by atoms with van der Waals surface area (Å²) in [5.41, 5.74) is -0.426. The van der Waals surface area contributed by atoms with E-state index in [1.54, 1.807) is 4.90 Å². The first-order valence-corrected chi connectivity index (χ1v) is 6.20. The number of benzene rings is 1. The summed E-state index contributed by atoms with van der Waals surface area (Å²) in [4.78, 5) is 13.5. The van der Waals surface area contributed by atoms with Crippen LogP contribution in [0.15, 0.2) is 18.2 Å². The van der Waals surface area contributed by atoms with Crippen molar-refractivity contribution in [1.82, 2.24) is 4.90 Å². The van der Waals surface area contributed by atoms with Crippen LogP contribution in [0.2, 0.25) is 0 Å². The van der Waals surface area contributed by atoms with Crippen molar-refractivity contribution >= 4 is 11.6 Å². The highest BCUT2D eigenvalue weighted by Gasteiger charge is 2.20. The van der Waals surface area contributed by atoms with E-state index in [9.17, 15) is 18.7 Å². The van der Waals surface area contributed by atoms with Crippen LogP contribution in [0.1, 0.15) is 12.8 Å². The fourth-order valence-corrected chi connectivity index (χ4v) is 2.17. The van der Waals surface area contributed by atoms with Crippen LogP contribution >= 0.6 is 0 Å². The molecule has 0 aliphatic carbocycles. The molecular weight excluding hydrogens is 254 g/mol. The Balaban J connectivity index is 1.94. The van der Waals surface area contributed by atoms with Gasteiger partial charge in [0.25, 0.3) is 0 Å². The molecule has 2 rings (SSSR count). The number of likely N-dealkylation sites (tertiary alicyclic amines) is 1. The lowest BCUT2D eigenvalue weighted by Crippen LogP contribution is -2.42. The number of carbonyl (C=O) groups excluding carboxylic acids is 1. The minimum atomic E-state index is -0.799. The molecule has 1 aromatic rings. The lowest BCUT2D eigenvalue weighted by atomic mass is 10.1.